The van der Waals surface area contributed by atoms with Crippen LogP contribution < -0.4 is 20.2 Å². The molecule has 6 rings (SSSR count). The summed E-state index contributed by atoms with van der Waals surface area (Å²) in [7, 11) is 0. The third-order valence-corrected chi connectivity index (χ3v) is 10.9. The molecule has 0 spiro atoms. The molecule has 7 atom stereocenters. The summed E-state index contributed by atoms with van der Waals surface area (Å²) in [5.74, 6) is 1.68. The van der Waals surface area contributed by atoms with E-state index in [2.05, 4.69) is 44.3 Å². The van der Waals surface area contributed by atoms with Crippen LogP contribution in [-0.4, -0.2) is 75.7 Å². The molecule has 1 aromatic heterocycles. The Labute approximate surface area is 240 Å². The zero-order chi connectivity index (χ0) is 28.0. The standard InChI is InChI=1S/C28H46F3N7OS/c1-26(2)17-20-5-3-13-36-14-9-24(35-36)40-32-18-21-6-7-22(33-25(21)37(26)19-20)38-15-8-23(34-38)39-16-4-10-27(11-12-27)28(29,30)31/h8,15,20-22,24-25,32-33,35H,3-7,9-14,16-19H2,1-2H3. The number of piperidine rings is 1. The van der Waals surface area contributed by atoms with Gasteiger partial charge in [0.25, 0.3) is 0 Å². The summed E-state index contributed by atoms with van der Waals surface area (Å²) in [6.45, 7) is 9.37. The Kier molecular flexibility index (Phi) is 8.39. The molecule has 3 N–H and O–H groups in total. The van der Waals surface area contributed by atoms with Crippen molar-refractivity contribution in [1.82, 2.24) is 35.2 Å². The third-order valence-electron chi connectivity index (χ3n) is 9.98. The van der Waals surface area contributed by atoms with Gasteiger partial charge in [0, 0.05) is 49.9 Å². The summed E-state index contributed by atoms with van der Waals surface area (Å²) >= 11 is 1.84. The smallest absolute Gasteiger partial charge is 0.394 e. The quantitative estimate of drug-likeness (QED) is 0.323. The van der Waals surface area contributed by atoms with Crippen LogP contribution in [0, 0.1) is 17.3 Å². The molecule has 5 fully saturated rings. The number of rotatable bonds is 6. The second kappa shape index (κ2) is 11.6. The maximum Gasteiger partial charge on any atom is 0.394 e. The number of fused-ring (bicyclic) bond motifs is 6. The molecule has 0 aromatic carbocycles. The van der Waals surface area contributed by atoms with Gasteiger partial charge in [-0.15, -0.1) is 5.10 Å². The molecule has 5 heterocycles. The van der Waals surface area contributed by atoms with Crippen molar-refractivity contribution in [2.45, 2.75) is 107 Å². The van der Waals surface area contributed by atoms with E-state index in [4.69, 9.17) is 4.74 Å². The maximum atomic E-state index is 13.2. The Morgan fingerprint density at radius 1 is 1.15 bits per heavy atom. The third kappa shape index (κ3) is 6.32. The van der Waals surface area contributed by atoms with Crippen molar-refractivity contribution in [3.63, 3.8) is 0 Å². The minimum atomic E-state index is -4.10. The lowest BCUT2D eigenvalue weighted by molar-refractivity contribution is -0.189. The lowest BCUT2D eigenvalue weighted by atomic mass is 9.90. The Hall–Kier alpha value is -1.05. The summed E-state index contributed by atoms with van der Waals surface area (Å²) in [5, 5.41) is 11.5. The van der Waals surface area contributed by atoms with Crippen molar-refractivity contribution in [1.29, 1.82) is 0 Å². The average Bonchev–Trinajstić information content (AvgIpc) is 3.20. The number of hydrogen-bond donors (Lipinski definition) is 3. The van der Waals surface area contributed by atoms with E-state index in [1.165, 1.54) is 25.7 Å². The van der Waals surface area contributed by atoms with E-state index in [1.54, 1.807) is 0 Å². The SMILES string of the molecule is CC1(C)CC2CCCN3CCC(N3)SNCC3CCC(n4ccc(OCCCC5(C(F)(F)F)CC5)n4)NC3N1C2. The second-order valence-corrected chi connectivity index (χ2v) is 14.5. The molecule has 4 saturated heterocycles. The van der Waals surface area contributed by atoms with Gasteiger partial charge in [-0.05, 0) is 84.0 Å². The van der Waals surface area contributed by atoms with Gasteiger partial charge in [-0.1, -0.05) is 11.9 Å². The lowest BCUT2D eigenvalue weighted by Crippen LogP contribution is -2.60. The van der Waals surface area contributed by atoms with E-state index in [0.717, 1.165) is 39.0 Å². The van der Waals surface area contributed by atoms with Gasteiger partial charge in [0.1, 0.15) is 6.17 Å². The molecule has 7 unspecified atom stereocenters. The molecule has 0 amide bonds. The summed E-state index contributed by atoms with van der Waals surface area (Å²) in [6.07, 6.45) is 6.11. The predicted molar refractivity (Wildman–Crippen MR) is 150 cm³/mol. The highest BCUT2D eigenvalue weighted by Crippen LogP contribution is 2.60. The van der Waals surface area contributed by atoms with Crippen LogP contribution in [0.25, 0.3) is 0 Å². The van der Waals surface area contributed by atoms with Crippen LogP contribution in [0.5, 0.6) is 5.88 Å². The van der Waals surface area contributed by atoms with E-state index in [9.17, 15) is 13.2 Å². The number of alkyl halides is 3. The van der Waals surface area contributed by atoms with Crippen molar-refractivity contribution >= 4 is 11.9 Å². The molecule has 4 bridgehead atoms. The predicted octanol–water partition coefficient (Wildman–Crippen LogP) is 4.88. The number of hydrazine groups is 1. The molecule has 1 saturated carbocycles. The highest BCUT2D eigenvalue weighted by Gasteiger charge is 2.62. The highest BCUT2D eigenvalue weighted by molar-refractivity contribution is 7.98. The highest BCUT2D eigenvalue weighted by atomic mass is 32.2. The van der Waals surface area contributed by atoms with E-state index in [-0.39, 0.29) is 43.7 Å². The first-order valence-corrected chi connectivity index (χ1v) is 16.2. The molecule has 1 aromatic rings. The Balaban J connectivity index is 1.08. The fourth-order valence-electron chi connectivity index (χ4n) is 7.49. The van der Waals surface area contributed by atoms with Crippen LogP contribution >= 0.6 is 11.9 Å². The first-order chi connectivity index (χ1) is 19.1. The van der Waals surface area contributed by atoms with Crippen LogP contribution in [0.4, 0.5) is 13.2 Å². The topological polar surface area (TPSA) is 69.6 Å². The van der Waals surface area contributed by atoms with Gasteiger partial charge in [0.2, 0.25) is 5.88 Å². The Bertz CT molecular complexity index is 1000. The van der Waals surface area contributed by atoms with Gasteiger partial charge in [-0.3, -0.25) is 19.6 Å². The maximum absolute atomic E-state index is 13.2. The number of hydrogen-bond acceptors (Lipinski definition) is 8. The van der Waals surface area contributed by atoms with Crippen LogP contribution in [0.3, 0.4) is 0 Å². The molecular weight excluding hydrogens is 539 g/mol. The number of nitrogens with zero attached hydrogens (tertiary/aromatic N) is 4. The number of halogens is 3. The monoisotopic (exact) mass is 585 g/mol. The summed E-state index contributed by atoms with van der Waals surface area (Å²) < 4.78 is 51.0. The van der Waals surface area contributed by atoms with E-state index in [1.807, 2.05) is 28.9 Å². The molecule has 40 heavy (non-hydrogen) atoms. The molecule has 8 nitrogen and oxygen atoms in total. The van der Waals surface area contributed by atoms with E-state index < -0.39 is 11.6 Å². The second-order valence-electron chi connectivity index (χ2n) is 13.4. The fourth-order valence-corrected chi connectivity index (χ4v) is 8.43. The van der Waals surface area contributed by atoms with Crippen LogP contribution in [0.1, 0.15) is 84.2 Å². The number of aromatic nitrogens is 2. The van der Waals surface area contributed by atoms with Crippen molar-refractivity contribution in [3.8, 4) is 5.88 Å². The van der Waals surface area contributed by atoms with Crippen molar-refractivity contribution in [2.75, 3.05) is 32.8 Å². The minimum Gasteiger partial charge on any atom is -0.477 e. The first-order valence-electron chi connectivity index (χ1n) is 15.3. The Morgan fingerprint density at radius 3 is 2.80 bits per heavy atom. The van der Waals surface area contributed by atoms with Gasteiger partial charge >= 0.3 is 6.18 Å². The molecule has 12 heteroatoms. The molecule has 226 valence electrons. The largest absolute Gasteiger partial charge is 0.477 e. The summed E-state index contributed by atoms with van der Waals surface area (Å²) in [6, 6.07) is 1.84. The zero-order valence-electron chi connectivity index (χ0n) is 23.9. The summed E-state index contributed by atoms with van der Waals surface area (Å²) in [4.78, 5) is 2.72. The van der Waals surface area contributed by atoms with Gasteiger partial charge in [0.05, 0.1) is 23.6 Å². The van der Waals surface area contributed by atoms with E-state index >= 15 is 0 Å². The zero-order valence-corrected chi connectivity index (χ0v) is 24.7. The van der Waals surface area contributed by atoms with Crippen molar-refractivity contribution < 1.29 is 17.9 Å². The molecule has 5 aliphatic rings. The molecule has 0 radical (unpaired) electrons. The molecular formula is C28H46F3N7OS. The van der Waals surface area contributed by atoms with Gasteiger partial charge in [-0.2, -0.15) is 13.2 Å². The number of nitrogens with one attached hydrogen (secondary N) is 3. The van der Waals surface area contributed by atoms with Gasteiger partial charge < -0.3 is 4.74 Å². The fraction of sp³-hybridized carbons (Fsp3) is 0.893. The molecule has 4 aliphatic heterocycles. The first kappa shape index (κ1) is 29.0. The average molecular weight is 586 g/mol. The van der Waals surface area contributed by atoms with Crippen molar-refractivity contribution in [2.24, 2.45) is 17.3 Å². The normalized spacial score (nSPS) is 37.5. The van der Waals surface area contributed by atoms with Crippen molar-refractivity contribution in [3.05, 3.63) is 12.3 Å². The molecule has 1 aliphatic carbocycles. The minimum absolute atomic E-state index is 0.0602. The van der Waals surface area contributed by atoms with Crippen LogP contribution in [-0.2, 0) is 0 Å². The van der Waals surface area contributed by atoms with Gasteiger partial charge in [0.15, 0.2) is 0 Å². The number of ether oxygens (including phenoxy) is 1. The summed E-state index contributed by atoms with van der Waals surface area (Å²) in [5.41, 5.74) is 2.34. The van der Waals surface area contributed by atoms with Crippen LogP contribution in [0.15, 0.2) is 12.3 Å². The Morgan fingerprint density at radius 2 is 2.00 bits per heavy atom. The van der Waals surface area contributed by atoms with Crippen LogP contribution in [0.2, 0.25) is 0 Å². The van der Waals surface area contributed by atoms with Gasteiger partial charge in [-0.25, -0.2) is 10.4 Å². The van der Waals surface area contributed by atoms with E-state index in [0.29, 0.717) is 29.5 Å². The lowest BCUT2D eigenvalue weighted by Gasteiger charge is -2.47.